The minimum Gasteiger partial charge on any atom is -0.322 e. The zero-order valence-corrected chi connectivity index (χ0v) is 16.8. The Morgan fingerprint density at radius 1 is 0.793 bits per heavy atom. The molecule has 1 amide bonds. The third-order valence-electron chi connectivity index (χ3n) is 5.51. The van der Waals surface area contributed by atoms with Crippen LogP contribution in [0.25, 0.3) is 11.1 Å². The van der Waals surface area contributed by atoms with Crippen LogP contribution in [-0.2, 0) is 6.54 Å². The number of likely N-dealkylation sites (N-methyl/N-ethyl adjacent to an activating group) is 1. The molecule has 3 aromatic rings. The highest BCUT2D eigenvalue weighted by atomic mass is 16.1. The zero-order chi connectivity index (χ0) is 20.1. The van der Waals surface area contributed by atoms with Gasteiger partial charge in [0.1, 0.15) is 0 Å². The molecule has 1 saturated heterocycles. The number of nitrogens with one attached hydrogen (secondary N) is 1. The second-order valence-electron chi connectivity index (χ2n) is 7.63. The molecule has 0 aromatic heterocycles. The molecule has 0 spiro atoms. The normalized spacial score (nSPS) is 15.2. The van der Waals surface area contributed by atoms with Gasteiger partial charge >= 0.3 is 0 Å². The van der Waals surface area contributed by atoms with Crippen molar-refractivity contribution in [2.24, 2.45) is 0 Å². The zero-order valence-electron chi connectivity index (χ0n) is 16.8. The van der Waals surface area contributed by atoms with Crippen molar-refractivity contribution in [3.05, 3.63) is 90.0 Å². The molecule has 4 heteroatoms. The second-order valence-corrected chi connectivity index (χ2v) is 7.63. The fourth-order valence-corrected chi connectivity index (χ4v) is 3.67. The lowest BCUT2D eigenvalue weighted by atomic mass is 10.0. The van der Waals surface area contributed by atoms with E-state index in [1.54, 1.807) is 0 Å². The van der Waals surface area contributed by atoms with Gasteiger partial charge in [0.25, 0.3) is 5.91 Å². The van der Waals surface area contributed by atoms with Gasteiger partial charge in [-0.1, -0.05) is 60.7 Å². The molecule has 0 radical (unpaired) electrons. The van der Waals surface area contributed by atoms with Crippen LogP contribution in [0, 0.1) is 0 Å². The highest BCUT2D eigenvalue weighted by Gasteiger charge is 2.16. The van der Waals surface area contributed by atoms with Crippen molar-refractivity contribution in [2.45, 2.75) is 6.54 Å². The molecule has 0 unspecified atom stereocenters. The summed E-state index contributed by atoms with van der Waals surface area (Å²) in [5.74, 6) is -0.0737. The standard InChI is InChI=1S/C25H27N3O/c1-27-15-17-28(18-16-27)19-23-9-5-6-10-24(23)26-25(29)22-13-11-21(12-14-22)20-7-3-2-4-8-20/h2-14H,15-19H2,1H3,(H,26,29). The number of piperazine rings is 1. The van der Waals surface area contributed by atoms with Crippen LogP contribution in [0.5, 0.6) is 0 Å². The average molecular weight is 386 g/mol. The highest BCUT2D eigenvalue weighted by molar-refractivity contribution is 6.04. The number of amides is 1. The van der Waals surface area contributed by atoms with E-state index in [-0.39, 0.29) is 5.91 Å². The molecule has 0 bridgehead atoms. The lowest BCUT2D eigenvalue weighted by molar-refractivity contribution is 0.102. The predicted molar refractivity (Wildman–Crippen MR) is 119 cm³/mol. The fraction of sp³-hybridized carbons (Fsp3) is 0.240. The van der Waals surface area contributed by atoms with Crippen LogP contribution in [0.4, 0.5) is 5.69 Å². The third-order valence-corrected chi connectivity index (χ3v) is 5.51. The maximum absolute atomic E-state index is 12.8. The molecule has 3 aromatic carbocycles. The van der Waals surface area contributed by atoms with Gasteiger partial charge in [0, 0.05) is 44.0 Å². The third kappa shape index (κ3) is 4.91. The molecule has 29 heavy (non-hydrogen) atoms. The van der Waals surface area contributed by atoms with Crippen LogP contribution >= 0.6 is 0 Å². The minimum atomic E-state index is -0.0737. The van der Waals surface area contributed by atoms with Gasteiger partial charge < -0.3 is 10.2 Å². The number of nitrogens with zero attached hydrogens (tertiary/aromatic N) is 2. The van der Waals surface area contributed by atoms with E-state index in [1.165, 1.54) is 0 Å². The number of rotatable bonds is 5. The summed E-state index contributed by atoms with van der Waals surface area (Å²) in [5, 5.41) is 3.11. The van der Waals surface area contributed by atoms with E-state index in [9.17, 15) is 4.79 Å². The Morgan fingerprint density at radius 3 is 2.14 bits per heavy atom. The monoisotopic (exact) mass is 385 g/mol. The van der Waals surface area contributed by atoms with Crippen LogP contribution in [0.15, 0.2) is 78.9 Å². The molecule has 1 aliphatic heterocycles. The van der Waals surface area contributed by atoms with Gasteiger partial charge in [-0.3, -0.25) is 9.69 Å². The molecule has 148 valence electrons. The molecule has 4 nitrogen and oxygen atoms in total. The van der Waals surface area contributed by atoms with Crippen molar-refractivity contribution in [3.8, 4) is 11.1 Å². The van der Waals surface area contributed by atoms with Crippen LogP contribution < -0.4 is 5.32 Å². The summed E-state index contributed by atoms with van der Waals surface area (Å²) in [5.41, 5.74) is 4.98. The molecular formula is C25H27N3O. The predicted octanol–water partition coefficient (Wildman–Crippen LogP) is 4.35. The molecule has 0 atom stereocenters. The second kappa shape index (κ2) is 9.03. The minimum absolute atomic E-state index is 0.0737. The van der Waals surface area contributed by atoms with E-state index in [0.717, 1.165) is 55.1 Å². The quantitative estimate of drug-likeness (QED) is 0.709. The Kier molecular flexibility index (Phi) is 6.03. The first kappa shape index (κ1) is 19.4. The summed E-state index contributed by atoms with van der Waals surface area (Å²) in [6.45, 7) is 5.14. The van der Waals surface area contributed by atoms with E-state index in [1.807, 2.05) is 60.7 Å². The van der Waals surface area contributed by atoms with Gasteiger partial charge in [0.15, 0.2) is 0 Å². The van der Waals surface area contributed by atoms with Crippen molar-refractivity contribution in [2.75, 3.05) is 38.5 Å². The van der Waals surface area contributed by atoms with Gasteiger partial charge in [0.05, 0.1) is 0 Å². The van der Waals surface area contributed by atoms with E-state index in [2.05, 4.69) is 40.4 Å². The highest BCUT2D eigenvalue weighted by Crippen LogP contribution is 2.22. The van der Waals surface area contributed by atoms with Crippen LogP contribution in [-0.4, -0.2) is 48.9 Å². The summed E-state index contributed by atoms with van der Waals surface area (Å²) < 4.78 is 0. The van der Waals surface area contributed by atoms with Gasteiger partial charge in [-0.2, -0.15) is 0 Å². The number of carbonyl (C=O) groups is 1. The largest absolute Gasteiger partial charge is 0.322 e. The molecular weight excluding hydrogens is 358 g/mol. The first-order chi connectivity index (χ1) is 14.2. The SMILES string of the molecule is CN1CCN(Cc2ccccc2NC(=O)c2ccc(-c3ccccc3)cc2)CC1. The van der Waals surface area contributed by atoms with Crippen molar-refractivity contribution in [1.29, 1.82) is 0 Å². The Morgan fingerprint density at radius 2 is 1.41 bits per heavy atom. The Hall–Kier alpha value is -2.95. The van der Waals surface area contributed by atoms with Gasteiger partial charge in [-0.05, 0) is 41.9 Å². The maximum Gasteiger partial charge on any atom is 0.255 e. The summed E-state index contributed by atoms with van der Waals surface area (Å²) in [7, 11) is 2.16. The summed E-state index contributed by atoms with van der Waals surface area (Å²) in [6, 6.07) is 26.1. The van der Waals surface area contributed by atoms with E-state index >= 15 is 0 Å². The number of hydrogen-bond donors (Lipinski definition) is 1. The van der Waals surface area contributed by atoms with Crippen molar-refractivity contribution >= 4 is 11.6 Å². The lowest BCUT2D eigenvalue weighted by Crippen LogP contribution is -2.43. The number of para-hydroxylation sites is 1. The average Bonchev–Trinajstić information content (AvgIpc) is 2.77. The summed E-state index contributed by atoms with van der Waals surface area (Å²) in [4.78, 5) is 17.6. The van der Waals surface area contributed by atoms with Crippen LogP contribution in [0.3, 0.4) is 0 Å². The summed E-state index contributed by atoms with van der Waals surface area (Å²) >= 11 is 0. The van der Waals surface area contributed by atoms with Gasteiger partial charge in [0.2, 0.25) is 0 Å². The first-order valence-corrected chi connectivity index (χ1v) is 10.1. The maximum atomic E-state index is 12.8. The van der Waals surface area contributed by atoms with E-state index in [0.29, 0.717) is 5.56 Å². The number of carbonyl (C=O) groups excluding carboxylic acids is 1. The molecule has 1 fully saturated rings. The number of benzene rings is 3. The molecule has 0 saturated carbocycles. The molecule has 1 aliphatic rings. The number of anilines is 1. The van der Waals surface area contributed by atoms with E-state index in [4.69, 9.17) is 0 Å². The van der Waals surface area contributed by atoms with Crippen molar-refractivity contribution < 1.29 is 4.79 Å². The lowest BCUT2D eigenvalue weighted by Gasteiger charge is -2.32. The molecule has 1 heterocycles. The molecule has 1 N–H and O–H groups in total. The molecule has 4 rings (SSSR count). The van der Waals surface area contributed by atoms with Crippen LogP contribution in [0.2, 0.25) is 0 Å². The van der Waals surface area contributed by atoms with Gasteiger partial charge in [-0.25, -0.2) is 0 Å². The van der Waals surface area contributed by atoms with Crippen LogP contribution in [0.1, 0.15) is 15.9 Å². The molecule has 0 aliphatic carbocycles. The Labute approximate surface area is 172 Å². The first-order valence-electron chi connectivity index (χ1n) is 10.1. The topological polar surface area (TPSA) is 35.6 Å². The van der Waals surface area contributed by atoms with E-state index < -0.39 is 0 Å². The van der Waals surface area contributed by atoms with Crippen molar-refractivity contribution in [1.82, 2.24) is 9.80 Å². The Bertz CT molecular complexity index is 945. The fourth-order valence-electron chi connectivity index (χ4n) is 3.67. The Balaban J connectivity index is 1.44. The number of hydrogen-bond acceptors (Lipinski definition) is 3. The van der Waals surface area contributed by atoms with Crippen molar-refractivity contribution in [3.63, 3.8) is 0 Å². The van der Waals surface area contributed by atoms with Gasteiger partial charge in [-0.15, -0.1) is 0 Å². The smallest absolute Gasteiger partial charge is 0.255 e. The summed E-state index contributed by atoms with van der Waals surface area (Å²) in [6.07, 6.45) is 0.